The number of halogens is 2. The Bertz CT molecular complexity index is 1210. The topological polar surface area (TPSA) is 95.1 Å². The Labute approximate surface area is 181 Å². The van der Waals surface area contributed by atoms with Crippen LogP contribution in [0.3, 0.4) is 0 Å². The first-order chi connectivity index (χ1) is 15.0. The van der Waals surface area contributed by atoms with Crippen LogP contribution in [0.5, 0.6) is 5.75 Å². The second-order valence-electron chi connectivity index (χ2n) is 6.62. The van der Waals surface area contributed by atoms with Crippen LogP contribution in [0.1, 0.15) is 27.4 Å². The number of amides is 1. The van der Waals surface area contributed by atoms with Crippen molar-refractivity contribution >= 4 is 23.5 Å². The third kappa shape index (κ3) is 4.89. The predicted octanol–water partition coefficient (Wildman–Crippen LogP) is 4.25. The third-order valence-electron chi connectivity index (χ3n) is 4.45. The van der Waals surface area contributed by atoms with E-state index in [0.717, 1.165) is 5.56 Å². The quantitative estimate of drug-likeness (QED) is 0.460. The molecule has 158 valence electrons. The number of benzene rings is 2. The molecule has 0 spiro atoms. The van der Waals surface area contributed by atoms with Gasteiger partial charge in [0.1, 0.15) is 30.3 Å². The van der Waals surface area contributed by atoms with Gasteiger partial charge in [0.25, 0.3) is 5.91 Å². The molecular weight excluding hydrogens is 425 g/mol. The number of nitrogens with zero attached hydrogens (tertiary/aromatic N) is 4. The molecule has 0 saturated carbocycles. The van der Waals surface area contributed by atoms with Crippen LogP contribution in [0.4, 0.5) is 10.3 Å². The first-order valence-electron chi connectivity index (χ1n) is 9.27. The van der Waals surface area contributed by atoms with Crippen molar-refractivity contribution in [3.8, 4) is 5.75 Å². The highest BCUT2D eigenvalue weighted by Crippen LogP contribution is 2.19. The molecule has 1 amide bonds. The number of rotatable bonds is 7. The fourth-order valence-corrected chi connectivity index (χ4v) is 3.01. The molecule has 0 aliphatic heterocycles. The van der Waals surface area contributed by atoms with Gasteiger partial charge in [-0.1, -0.05) is 35.0 Å². The van der Waals surface area contributed by atoms with Crippen LogP contribution in [-0.2, 0) is 13.2 Å². The van der Waals surface area contributed by atoms with Crippen molar-refractivity contribution in [2.45, 2.75) is 20.1 Å². The molecule has 1 N–H and O–H groups in total. The summed E-state index contributed by atoms with van der Waals surface area (Å²) in [6, 6.07) is 13.0. The molecule has 0 unspecified atom stereocenters. The summed E-state index contributed by atoms with van der Waals surface area (Å²) >= 11 is 6.17. The summed E-state index contributed by atoms with van der Waals surface area (Å²) in [5.41, 5.74) is 1.40. The fourth-order valence-electron chi connectivity index (χ4n) is 2.82. The molecule has 2 heterocycles. The van der Waals surface area contributed by atoms with Crippen LogP contribution in [0, 0.1) is 12.7 Å². The number of carbonyl (C=O) groups excluding carboxylic acids is 1. The van der Waals surface area contributed by atoms with E-state index in [-0.39, 0.29) is 24.1 Å². The summed E-state index contributed by atoms with van der Waals surface area (Å²) in [7, 11) is 0. The van der Waals surface area contributed by atoms with Crippen LogP contribution in [0.2, 0.25) is 5.02 Å². The number of anilines is 1. The SMILES string of the molecule is Cc1onc(C(=O)Nc2ncn(Cc3ccccc3Cl)n2)c1COc1ccc(F)cc1. The fraction of sp³-hybridized carbons (Fsp3) is 0.143. The van der Waals surface area contributed by atoms with Gasteiger partial charge in [0, 0.05) is 5.02 Å². The van der Waals surface area contributed by atoms with Crippen LogP contribution in [0.25, 0.3) is 0 Å². The minimum Gasteiger partial charge on any atom is -0.489 e. The molecule has 4 aromatic rings. The van der Waals surface area contributed by atoms with E-state index < -0.39 is 5.91 Å². The molecule has 31 heavy (non-hydrogen) atoms. The molecular formula is C21H17ClFN5O3. The lowest BCUT2D eigenvalue weighted by atomic mass is 10.2. The van der Waals surface area contributed by atoms with Crippen LogP contribution in [-0.4, -0.2) is 25.8 Å². The van der Waals surface area contributed by atoms with Crippen molar-refractivity contribution < 1.29 is 18.4 Å². The van der Waals surface area contributed by atoms with Gasteiger partial charge in [-0.3, -0.25) is 10.1 Å². The standard InChI is InChI=1S/C21H17ClFN5O3/c1-13-17(11-30-16-8-6-15(23)7-9-16)19(27-31-13)20(29)25-21-24-12-28(26-21)10-14-4-2-3-5-18(14)22/h2-9,12H,10-11H2,1H3,(H,25,26,29). The Morgan fingerprint density at radius 3 is 2.77 bits per heavy atom. The van der Waals surface area contributed by atoms with Crippen molar-refractivity contribution in [3.63, 3.8) is 0 Å². The van der Waals surface area contributed by atoms with E-state index >= 15 is 0 Å². The molecule has 4 rings (SSSR count). The third-order valence-corrected chi connectivity index (χ3v) is 4.82. The van der Waals surface area contributed by atoms with E-state index in [1.807, 2.05) is 18.2 Å². The summed E-state index contributed by atoms with van der Waals surface area (Å²) in [6.45, 7) is 2.10. The van der Waals surface area contributed by atoms with Crippen LogP contribution >= 0.6 is 11.6 Å². The van der Waals surface area contributed by atoms with Crippen LogP contribution in [0.15, 0.2) is 59.4 Å². The lowest BCUT2D eigenvalue weighted by Gasteiger charge is -2.06. The number of ether oxygens (including phenoxy) is 1. The number of aryl methyl sites for hydroxylation is 1. The zero-order valence-electron chi connectivity index (χ0n) is 16.4. The Kier molecular flexibility index (Phi) is 5.94. The number of carbonyl (C=O) groups is 1. The van der Waals surface area contributed by atoms with E-state index in [1.165, 1.54) is 30.6 Å². The summed E-state index contributed by atoms with van der Waals surface area (Å²) in [4.78, 5) is 16.8. The first kappa shape index (κ1) is 20.5. The Morgan fingerprint density at radius 2 is 2.00 bits per heavy atom. The highest BCUT2D eigenvalue weighted by molar-refractivity contribution is 6.31. The van der Waals surface area contributed by atoms with Gasteiger partial charge in [0.05, 0.1) is 12.1 Å². The number of hydrogen-bond donors (Lipinski definition) is 1. The molecule has 0 atom stereocenters. The predicted molar refractivity (Wildman–Crippen MR) is 111 cm³/mol. The molecule has 2 aromatic carbocycles. The van der Waals surface area contributed by atoms with Gasteiger partial charge in [-0.2, -0.15) is 0 Å². The van der Waals surface area contributed by atoms with Gasteiger partial charge in [-0.05, 0) is 42.8 Å². The van der Waals surface area contributed by atoms with Gasteiger partial charge in [-0.25, -0.2) is 14.1 Å². The maximum absolute atomic E-state index is 13.0. The highest BCUT2D eigenvalue weighted by atomic mass is 35.5. The Morgan fingerprint density at radius 1 is 1.23 bits per heavy atom. The molecule has 0 bridgehead atoms. The van der Waals surface area contributed by atoms with Crippen molar-refractivity contribution in [2.75, 3.05) is 5.32 Å². The Balaban J connectivity index is 1.43. The normalized spacial score (nSPS) is 10.8. The second-order valence-corrected chi connectivity index (χ2v) is 7.03. The van der Waals surface area contributed by atoms with Crippen molar-refractivity contribution in [1.82, 2.24) is 19.9 Å². The van der Waals surface area contributed by atoms with E-state index in [2.05, 4.69) is 20.6 Å². The summed E-state index contributed by atoms with van der Waals surface area (Å²) in [6.07, 6.45) is 1.49. The minimum atomic E-state index is -0.537. The summed E-state index contributed by atoms with van der Waals surface area (Å²) < 4.78 is 25.4. The van der Waals surface area contributed by atoms with Crippen molar-refractivity contribution in [2.24, 2.45) is 0 Å². The largest absolute Gasteiger partial charge is 0.489 e. The van der Waals surface area contributed by atoms with Crippen molar-refractivity contribution in [3.05, 3.63) is 88.3 Å². The van der Waals surface area contributed by atoms with Gasteiger partial charge < -0.3 is 9.26 Å². The molecule has 0 fully saturated rings. The molecule has 0 aliphatic carbocycles. The smallest absolute Gasteiger partial charge is 0.280 e. The first-order valence-corrected chi connectivity index (χ1v) is 9.65. The molecule has 8 nitrogen and oxygen atoms in total. The average molecular weight is 442 g/mol. The Hall–Kier alpha value is -3.72. The lowest BCUT2D eigenvalue weighted by Crippen LogP contribution is -2.16. The zero-order valence-corrected chi connectivity index (χ0v) is 17.1. The summed E-state index contributed by atoms with van der Waals surface area (Å²) in [5, 5.41) is 11.3. The van der Waals surface area contributed by atoms with Gasteiger partial charge in [0.2, 0.25) is 5.95 Å². The van der Waals surface area contributed by atoms with Gasteiger partial charge >= 0.3 is 0 Å². The monoisotopic (exact) mass is 441 g/mol. The van der Waals surface area contributed by atoms with Crippen LogP contribution < -0.4 is 10.1 Å². The molecule has 0 radical (unpaired) electrons. The minimum absolute atomic E-state index is 0.0259. The highest BCUT2D eigenvalue weighted by Gasteiger charge is 2.21. The second kappa shape index (κ2) is 8.97. The number of aromatic nitrogens is 4. The maximum Gasteiger partial charge on any atom is 0.280 e. The van der Waals surface area contributed by atoms with Gasteiger partial charge in [-0.15, -0.1) is 5.10 Å². The van der Waals surface area contributed by atoms with E-state index in [9.17, 15) is 9.18 Å². The van der Waals surface area contributed by atoms with E-state index in [4.69, 9.17) is 20.9 Å². The maximum atomic E-state index is 13.0. The van der Waals surface area contributed by atoms with E-state index in [1.54, 1.807) is 17.7 Å². The zero-order chi connectivity index (χ0) is 21.8. The molecule has 0 saturated heterocycles. The number of hydrogen-bond acceptors (Lipinski definition) is 6. The van der Waals surface area contributed by atoms with E-state index in [0.29, 0.717) is 28.6 Å². The molecule has 2 aromatic heterocycles. The molecule has 0 aliphatic rings. The average Bonchev–Trinajstić information content (AvgIpc) is 3.35. The van der Waals surface area contributed by atoms with Crippen molar-refractivity contribution in [1.29, 1.82) is 0 Å². The lowest BCUT2D eigenvalue weighted by molar-refractivity contribution is 0.101. The summed E-state index contributed by atoms with van der Waals surface area (Å²) in [5.74, 6) is 0.0982. The molecule has 10 heteroatoms. The van der Waals surface area contributed by atoms with Gasteiger partial charge in [0.15, 0.2) is 5.69 Å². The number of nitrogens with one attached hydrogen (secondary N) is 1.